The van der Waals surface area contributed by atoms with Crippen LogP contribution in [0, 0.1) is 5.92 Å². The molecule has 2 aromatic rings. The number of fused-ring (bicyclic) bond motifs is 1. The van der Waals surface area contributed by atoms with Gasteiger partial charge < -0.3 is 10.6 Å². The molecular formula is C17H24N2S. The van der Waals surface area contributed by atoms with Crippen molar-refractivity contribution in [3.8, 4) is 0 Å². The minimum Gasteiger partial charge on any atom is -0.390 e. The lowest BCUT2D eigenvalue weighted by atomic mass is 9.88. The molecule has 20 heavy (non-hydrogen) atoms. The van der Waals surface area contributed by atoms with Crippen LogP contribution in [0.25, 0.3) is 10.1 Å². The molecule has 0 atom stereocenters. The van der Waals surface area contributed by atoms with E-state index in [1.54, 1.807) is 11.3 Å². The van der Waals surface area contributed by atoms with E-state index in [1.165, 1.54) is 48.1 Å². The third kappa shape index (κ3) is 2.70. The molecule has 1 aliphatic rings. The Hall–Kier alpha value is -1.06. The summed E-state index contributed by atoms with van der Waals surface area (Å²) in [5, 5.41) is 2.42. The normalized spacial score (nSPS) is 18.1. The Balaban J connectivity index is 1.78. The van der Waals surface area contributed by atoms with Gasteiger partial charge in [-0.15, -0.1) is 11.3 Å². The molecule has 0 spiro atoms. The summed E-state index contributed by atoms with van der Waals surface area (Å²) in [7, 11) is 0. The van der Waals surface area contributed by atoms with Gasteiger partial charge in [0.05, 0.1) is 5.00 Å². The molecule has 0 unspecified atom stereocenters. The van der Waals surface area contributed by atoms with E-state index in [0.29, 0.717) is 5.92 Å². The molecule has 1 aliphatic heterocycles. The fourth-order valence-electron chi connectivity index (χ4n) is 3.43. The topological polar surface area (TPSA) is 29.3 Å². The zero-order valence-electron chi connectivity index (χ0n) is 12.4. The van der Waals surface area contributed by atoms with Gasteiger partial charge in [-0.2, -0.15) is 0 Å². The number of hydrogen-bond donors (Lipinski definition) is 1. The number of nitrogens with two attached hydrogens (primary N) is 1. The first kappa shape index (κ1) is 13.9. The van der Waals surface area contributed by atoms with Crippen LogP contribution >= 0.6 is 11.3 Å². The molecular weight excluding hydrogens is 264 g/mol. The molecule has 1 aromatic carbocycles. The van der Waals surface area contributed by atoms with Crippen LogP contribution < -0.4 is 5.73 Å². The predicted molar refractivity (Wildman–Crippen MR) is 89.5 cm³/mol. The van der Waals surface area contributed by atoms with Crippen LogP contribution in [-0.2, 0) is 0 Å². The Kier molecular flexibility index (Phi) is 3.99. The third-order valence-corrected chi connectivity index (χ3v) is 5.30. The largest absolute Gasteiger partial charge is 0.390 e. The molecule has 0 bridgehead atoms. The molecule has 1 fully saturated rings. The number of nitrogen functional groups attached to an aromatic ring is 1. The fourth-order valence-corrected chi connectivity index (χ4v) is 4.48. The highest BCUT2D eigenvalue weighted by molar-refractivity contribution is 7.22. The molecule has 0 aliphatic carbocycles. The monoisotopic (exact) mass is 288 g/mol. The van der Waals surface area contributed by atoms with Crippen LogP contribution in [0.5, 0.6) is 0 Å². The first-order valence-electron chi connectivity index (χ1n) is 7.64. The Morgan fingerprint density at radius 2 is 1.95 bits per heavy atom. The lowest BCUT2D eigenvalue weighted by Crippen LogP contribution is -2.35. The summed E-state index contributed by atoms with van der Waals surface area (Å²) in [6, 6.07) is 8.66. The van der Waals surface area contributed by atoms with Gasteiger partial charge in [-0.1, -0.05) is 32.0 Å². The first-order valence-corrected chi connectivity index (χ1v) is 8.46. The molecule has 0 amide bonds. The van der Waals surface area contributed by atoms with E-state index in [9.17, 15) is 0 Å². The fraction of sp³-hybridized carbons (Fsp3) is 0.529. The lowest BCUT2D eigenvalue weighted by molar-refractivity contribution is 0.192. The number of hydrogen-bond acceptors (Lipinski definition) is 3. The van der Waals surface area contributed by atoms with E-state index in [2.05, 4.69) is 43.0 Å². The predicted octanol–water partition coefficient (Wildman–Crippen LogP) is 4.32. The number of piperidine rings is 1. The summed E-state index contributed by atoms with van der Waals surface area (Å²) in [4.78, 5) is 2.60. The minimum absolute atomic E-state index is 0.648. The molecule has 2 nitrogen and oxygen atoms in total. The van der Waals surface area contributed by atoms with E-state index in [4.69, 9.17) is 5.73 Å². The van der Waals surface area contributed by atoms with Crippen molar-refractivity contribution in [2.24, 2.45) is 5.92 Å². The minimum atomic E-state index is 0.648. The average molecular weight is 288 g/mol. The molecule has 2 heterocycles. The molecule has 1 aromatic heterocycles. The van der Waals surface area contributed by atoms with Crippen molar-refractivity contribution in [3.05, 3.63) is 29.8 Å². The number of benzene rings is 1. The molecule has 0 radical (unpaired) electrons. The number of anilines is 1. The highest BCUT2D eigenvalue weighted by Crippen LogP contribution is 2.42. The first-order chi connectivity index (χ1) is 9.65. The van der Waals surface area contributed by atoms with E-state index in [-0.39, 0.29) is 0 Å². The Bertz CT molecular complexity index is 580. The second kappa shape index (κ2) is 5.74. The van der Waals surface area contributed by atoms with Crippen molar-refractivity contribution < 1.29 is 0 Å². The number of likely N-dealkylation sites (tertiary alicyclic amines) is 1. The van der Waals surface area contributed by atoms with Gasteiger partial charge in [0.1, 0.15) is 0 Å². The second-order valence-electron chi connectivity index (χ2n) is 6.34. The Labute approximate surface area is 125 Å². The molecule has 108 valence electrons. The molecule has 1 saturated heterocycles. The average Bonchev–Trinajstić information content (AvgIpc) is 2.75. The van der Waals surface area contributed by atoms with Crippen molar-refractivity contribution in [3.63, 3.8) is 0 Å². The van der Waals surface area contributed by atoms with Crippen molar-refractivity contribution in [1.82, 2.24) is 4.90 Å². The van der Waals surface area contributed by atoms with E-state index in [1.807, 2.05) is 0 Å². The molecule has 2 N–H and O–H groups in total. The summed E-state index contributed by atoms with van der Waals surface area (Å²) < 4.78 is 1.34. The smallest absolute Gasteiger partial charge is 0.0904 e. The zero-order chi connectivity index (χ0) is 14.1. The maximum absolute atomic E-state index is 6.30. The second-order valence-corrected chi connectivity index (χ2v) is 7.43. The van der Waals surface area contributed by atoms with E-state index in [0.717, 1.165) is 10.9 Å². The maximum Gasteiger partial charge on any atom is 0.0904 e. The Morgan fingerprint density at radius 3 is 2.65 bits per heavy atom. The standard InChI is InChI=1S/C17H24N2S/c1-12(2)11-19-9-7-13(8-10-19)16-14-5-3-4-6-15(14)20-17(16)18/h3-6,12-13H,7-11,18H2,1-2H3. The third-order valence-electron chi connectivity index (χ3n) is 4.28. The highest BCUT2D eigenvalue weighted by atomic mass is 32.1. The summed E-state index contributed by atoms with van der Waals surface area (Å²) in [5.41, 5.74) is 7.73. The van der Waals surface area contributed by atoms with Gasteiger partial charge in [0.15, 0.2) is 0 Å². The van der Waals surface area contributed by atoms with Gasteiger partial charge in [-0.05, 0) is 54.8 Å². The van der Waals surface area contributed by atoms with Gasteiger partial charge in [-0.25, -0.2) is 0 Å². The molecule has 0 saturated carbocycles. The van der Waals surface area contributed by atoms with Crippen LogP contribution in [0.4, 0.5) is 5.00 Å². The van der Waals surface area contributed by atoms with Gasteiger partial charge >= 0.3 is 0 Å². The zero-order valence-corrected chi connectivity index (χ0v) is 13.2. The highest BCUT2D eigenvalue weighted by Gasteiger charge is 2.25. The van der Waals surface area contributed by atoms with Crippen LogP contribution in [-0.4, -0.2) is 24.5 Å². The van der Waals surface area contributed by atoms with Gasteiger partial charge in [0, 0.05) is 11.2 Å². The van der Waals surface area contributed by atoms with Crippen LogP contribution in [0.2, 0.25) is 0 Å². The van der Waals surface area contributed by atoms with E-state index < -0.39 is 0 Å². The number of nitrogens with zero attached hydrogens (tertiary/aromatic N) is 1. The lowest BCUT2D eigenvalue weighted by Gasteiger charge is -2.33. The number of thiophene rings is 1. The van der Waals surface area contributed by atoms with Gasteiger partial charge in [0.2, 0.25) is 0 Å². The summed E-state index contributed by atoms with van der Waals surface area (Å²) >= 11 is 1.75. The van der Waals surface area contributed by atoms with Crippen LogP contribution in [0.3, 0.4) is 0 Å². The SMILES string of the molecule is CC(C)CN1CCC(c2c(N)sc3ccccc23)CC1. The van der Waals surface area contributed by atoms with Crippen molar-refractivity contribution >= 4 is 26.4 Å². The molecule has 3 heteroatoms. The Morgan fingerprint density at radius 1 is 1.25 bits per heavy atom. The van der Waals surface area contributed by atoms with Gasteiger partial charge in [-0.3, -0.25) is 0 Å². The van der Waals surface area contributed by atoms with Crippen molar-refractivity contribution in [2.45, 2.75) is 32.6 Å². The van der Waals surface area contributed by atoms with E-state index >= 15 is 0 Å². The van der Waals surface area contributed by atoms with Crippen molar-refractivity contribution in [1.29, 1.82) is 0 Å². The number of rotatable bonds is 3. The quantitative estimate of drug-likeness (QED) is 0.911. The van der Waals surface area contributed by atoms with Crippen LogP contribution in [0.15, 0.2) is 24.3 Å². The van der Waals surface area contributed by atoms with Crippen molar-refractivity contribution in [2.75, 3.05) is 25.4 Å². The maximum atomic E-state index is 6.30. The summed E-state index contributed by atoms with van der Waals surface area (Å²) in [5.74, 6) is 1.41. The molecule has 3 rings (SSSR count). The summed E-state index contributed by atoms with van der Waals surface area (Å²) in [6.07, 6.45) is 2.50. The summed E-state index contributed by atoms with van der Waals surface area (Å²) in [6.45, 7) is 8.26. The van der Waals surface area contributed by atoms with Gasteiger partial charge in [0.25, 0.3) is 0 Å². The van der Waals surface area contributed by atoms with Crippen LogP contribution in [0.1, 0.15) is 38.2 Å².